The lowest BCUT2D eigenvalue weighted by atomic mass is 10.0. The molecule has 12 heteroatoms. The van der Waals surface area contributed by atoms with Gasteiger partial charge in [-0.05, 0) is 12.8 Å². The second-order valence-corrected chi connectivity index (χ2v) is 17.1. The van der Waals surface area contributed by atoms with Gasteiger partial charge in [-0.3, -0.25) is 18.6 Å². The molecule has 0 aromatic heterocycles. The molecule has 0 aliphatic carbocycles. The number of carboxylic acid groups (broad SMARTS) is 1. The number of aliphatic carboxylic acids is 1. The summed E-state index contributed by atoms with van der Waals surface area (Å²) in [6, 6.07) is -1.54. The summed E-state index contributed by atoms with van der Waals surface area (Å²) in [5.41, 5.74) is 0. The Kier molecular flexibility index (Phi) is 38.2. The molecule has 0 heterocycles. The van der Waals surface area contributed by atoms with Gasteiger partial charge in [0.1, 0.15) is 12.7 Å². The van der Waals surface area contributed by atoms with Gasteiger partial charge in [-0.15, -0.1) is 0 Å². The first-order chi connectivity index (χ1) is 26.6. The number of aliphatic hydroxyl groups excluding tert-OH is 1. The number of rotatable bonds is 43. The van der Waals surface area contributed by atoms with Crippen molar-refractivity contribution < 1.29 is 47.8 Å². The van der Waals surface area contributed by atoms with Gasteiger partial charge in [0.05, 0.1) is 13.2 Å². The first kappa shape index (κ1) is 53.5. The van der Waals surface area contributed by atoms with E-state index in [0.29, 0.717) is 12.8 Å². The highest BCUT2D eigenvalue weighted by Crippen LogP contribution is 2.43. The van der Waals surface area contributed by atoms with Crippen LogP contribution in [0.2, 0.25) is 0 Å². The molecule has 0 aromatic rings. The second-order valence-electron chi connectivity index (χ2n) is 15.6. The fraction of sp³-hybridized carbons (Fsp3) is 0.930. The van der Waals surface area contributed by atoms with Gasteiger partial charge < -0.3 is 25.2 Å². The Bertz CT molecular complexity index is 952. The van der Waals surface area contributed by atoms with Crippen molar-refractivity contribution in [3.8, 4) is 0 Å². The minimum Gasteiger partial charge on any atom is -0.480 e. The maximum atomic E-state index is 12.3. The zero-order valence-corrected chi connectivity index (χ0v) is 36.2. The minimum atomic E-state index is -4.75. The first-order valence-corrected chi connectivity index (χ1v) is 24.1. The molecule has 4 N–H and O–H groups in total. The molecule has 1 amide bonds. The van der Waals surface area contributed by atoms with Gasteiger partial charge in [-0.25, -0.2) is 9.36 Å². The highest BCUT2D eigenvalue weighted by Gasteiger charge is 2.28. The highest BCUT2D eigenvalue weighted by molar-refractivity contribution is 7.47. The first-order valence-electron chi connectivity index (χ1n) is 22.6. The van der Waals surface area contributed by atoms with E-state index in [1.165, 1.54) is 148 Å². The van der Waals surface area contributed by atoms with Crippen LogP contribution in [0, 0.1) is 0 Å². The van der Waals surface area contributed by atoms with E-state index in [1.807, 2.05) is 0 Å². The molecule has 326 valence electrons. The summed E-state index contributed by atoms with van der Waals surface area (Å²) in [4.78, 5) is 45.9. The van der Waals surface area contributed by atoms with E-state index in [4.69, 9.17) is 13.8 Å². The van der Waals surface area contributed by atoms with Crippen molar-refractivity contribution in [1.82, 2.24) is 5.32 Å². The monoisotopic (exact) mass is 806 g/mol. The predicted molar refractivity (Wildman–Crippen MR) is 222 cm³/mol. The Hall–Kier alpha value is -1.52. The minimum absolute atomic E-state index is 0.152. The van der Waals surface area contributed by atoms with Gasteiger partial charge in [-0.2, -0.15) is 0 Å². The Balaban J connectivity index is 3.83. The number of phosphoric acid groups is 1. The summed E-state index contributed by atoms with van der Waals surface area (Å²) in [5.74, 6) is -2.35. The molecule has 0 saturated heterocycles. The standard InChI is InChI=1S/C43H84NO10P/c1-3-5-7-9-11-13-15-17-18-19-20-21-23-25-27-29-31-33-35-42(47)52-36-39(45)37-53-55(50,51)54-38-40(43(48)49)44-41(46)34-32-30-28-26-24-22-16-14-12-10-8-6-4-2/h39-40,45H,3-38H2,1-2H3,(H,44,46)(H,48,49)(H,50,51). The largest absolute Gasteiger partial charge is 0.480 e. The molecule has 0 aliphatic heterocycles. The van der Waals surface area contributed by atoms with Crippen molar-refractivity contribution >= 4 is 25.7 Å². The number of carbonyl (C=O) groups excluding carboxylic acids is 2. The summed E-state index contributed by atoms with van der Waals surface area (Å²) in [6.07, 6.45) is 37.0. The number of amides is 1. The third-order valence-corrected chi connectivity index (χ3v) is 11.1. The number of carboxylic acids is 1. The van der Waals surface area contributed by atoms with Crippen LogP contribution in [0.15, 0.2) is 0 Å². The van der Waals surface area contributed by atoms with Crippen LogP contribution in [0.5, 0.6) is 0 Å². The maximum absolute atomic E-state index is 12.3. The van der Waals surface area contributed by atoms with Crippen LogP contribution in [0.3, 0.4) is 0 Å². The number of phosphoric ester groups is 1. The molecule has 3 unspecified atom stereocenters. The van der Waals surface area contributed by atoms with Crippen LogP contribution in [0.25, 0.3) is 0 Å². The molecule has 0 fully saturated rings. The molecule has 0 aromatic carbocycles. The molecule has 55 heavy (non-hydrogen) atoms. The molecule has 0 radical (unpaired) electrons. The van der Waals surface area contributed by atoms with E-state index in [1.54, 1.807) is 0 Å². The lowest BCUT2D eigenvalue weighted by molar-refractivity contribution is -0.147. The molecular formula is C43H84NO10P. The van der Waals surface area contributed by atoms with Crippen molar-refractivity contribution in [3.63, 3.8) is 0 Å². The number of aliphatic hydroxyl groups is 1. The molecule has 0 aliphatic rings. The van der Waals surface area contributed by atoms with Crippen LogP contribution < -0.4 is 5.32 Å². The van der Waals surface area contributed by atoms with E-state index >= 15 is 0 Å². The molecule has 0 saturated carbocycles. The Labute approximate surface area is 335 Å². The molecule has 0 bridgehead atoms. The highest BCUT2D eigenvalue weighted by atomic mass is 31.2. The number of esters is 1. The van der Waals surface area contributed by atoms with Crippen molar-refractivity contribution in [2.24, 2.45) is 0 Å². The van der Waals surface area contributed by atoms with Gasteiger partial charge in [0, 0.05) is 12.8 Å². The maximum Gasteiger partial charge on any atom is 0.472 e. The number of nitrogens with one attached hydrogen (secondary N) is 1. The lowest BCUT2D eigenvalue weighted by Gasteiger charge is -2.18. The van der Waals surface area contributed by atoms with Crippen molar-refractivity contribution in [1.29, 1.82) is 0 Å². The van der Waals surface area contributed by atoms with Gasteiger partial charge in [0.15, 0.2) is 6.04 Å². The summed E-state index contributed by atoms with van der Waals surface area (Å²) in [6.45, 7) is 2.62. The molecule has 0 spiro atoms. The number of hydrogen-bond donors (Lipinski definition) is 4. The number of unbranched alkanes of at least 4 members (excludes halogenated alkanes) is 29. The smallest absolute Gasteiger partial charge is 0.472 e. The number of hydrogen-bond acceptors (Lipinski definition) is 8. The molecule has 11 nitrogen and oxygen atoms in total. The van der Waals surface area contributed by atoms with Gasteiger partial charge in [-0.1, -0.05) is 200 Å². The molecule has 0 rings (SSSR count). The van der Waals surface area contributed by atoms with Crippen LogP contribution in [-0.4, -0.2) is 64.9 Å². The zero-order valence-electron chi connectivity index (χ0n) is 35.3. The fourth-order valence-corrected chi connectivity index (χ4v) is 7.38. The van der Waals surface area contributed by atoms with E-state index in [9.17, 15) is 34.1 Å². The topological polar surface area (TPSA) is 169 Å². The van der Waals surface area contributed by atoms with Gasteiger partial charge >= 0.3 is 19.8 Å². The Morgan fingerprint density at radius 1 is 0.509 bits per heavy atom. The molecule has 3 atom stereocenters. The zero-order chi connectivity index (χ0) is 40.7. The van der Waals surface area contributed by atoms with Crippen LogP contribution in [0.4, 0.5) is 0 Å². The number of ether oxygens (including phenoxy) is 1. The third kappa shape index (κ3) is 39.1. The summed E-state index contributed by atoms with van der Waals surface area (Å²) < 4.78 is 26.8. The number of carbonyl (C=O) groups is 3. The summed E-state index contributed by atoms with van der Waals surface area (Å²) in [7, 11) is -4.75. The van der Waals surface area contributed by atoms with Crippen LogP contribution in [-0.2, 0) is 32.7 Å². The van der Waals surface area contributed by atoms with Crippen molar-refractivity contribution in [2.75, 3.05) is 19.8 Å². The quantitative estimate of drug-likeness (QED) is 0.0264. The fourth-order valence-electron chi connectivity index (χ4n) is 6.61. The van der Waals surface area contributed by atoms with Gasteiger partial charge in [0.2, 0.25) is 5.91 Å². The Morgan fingerprint density at radius 2 is 0.836 bits per heavy atom. The SMILES string of the molecule is CCCCCCCCCCCCCCCCCCCCC(=O)OCC(O)COP(=O)(O)OCC(NC(=O)CCCCCCCCCCCCCCC)C(=O)O. The van der Waals surface area contributed by atoms with E-state index in [0.717, 1.165) is 38.5 Å². The lowest BCUT2D eigenvalue weighted by Crippen LogP contribution is -2.43. The van der Waals surface area contributed by atoms with E-state index < -0.39 is 57.6 Å². The van der Waals surface area contributed by atoms with E-state index in [2.05, 4.69) is 19.2 Å². The van der Waals surface area contributed by atoms with Crippen LogP contribution >= 0.6 is 7.82 Å². The average molecular weight is 806 g/mol. The normalized spacial score (nSPS) is 13.7. The van der Waals surface area contributed by atoms with Gasteiger partial charge in [0.25, 0.3) is 0 Å². The van der Waals surface area contributed by atoms with Crippen LogP contribution in [0.1, 0.15) is 226 Å². The van der Waals surface area contributed by atoms with Crippen molar-refractivity contribution in [2.45, 2.75) is 238 Å². The third-order valence-electron chi connectivity index (χ3n) is 10.1. The molecular weight excluding hydrogens is 721 g/mol. The second kappa shape index (κ2) is 39.3. The summed E-state index contributed by atoms with van der Waals surface area (Å²) in [5, 5.41) is 21.8. The van der Waals surface area contributed by atoms with Crippen molar-refractivity contribution in [3.05, 3.63) is 0 Å². The average Bonchev–Trinajstić information content (AvgIpc) is 3.16. The van der Waals surface area contributed by atoms with E-state index in [-0.39, 0.29) is 12.8 Å². The predicted octanol–water partition coefficient (Wildman–Crippen LogP) is 11.5. The Morgan fingerprint density at radius 3 is 1.20 bits per heavy atom. The summed E-state index contributed by atoms with van der Waals surface area (Å²) >= 11 is 0.